The van der Waals surface area contributed by atoms with Gasteiger partial charge < -0.3 is 20.9 Å². The number of amides is 2. The molecule has 0 bridgehead atoms. The van der Waals surface area contributed by atoms with E-state index in [1.165, 1.54) is 12.0 Å². The summed E-state index contributed by atoms with van der Waals surface area (Å²) in [5.74, 6) is -1.65. The van der Waals surface area contributed by atoms with Gasteiger partial charge in [-0.25, -0.2) is 4.79 Å². The third-order valence-electron chi connectivity index (χ3n) is 4.37. The Balaban J connectivity index is 2.19. The fraction of sp³-hybridized carbons (Fsp3) is 0.333. The first-order chi connectivity index (χ1) is 14.7. The molecular formula is C21H25ClN4O5. The standard InChI is InChI=1S/C21H25ClN4O5/c1-13-20(21(29)30-2)16(15-5-3-4-6-17(15)22)9-14(25-13)12-31-8-7-26(10-18(23)27)11-19(24)28/h3-6,9H,7-8,10-12H2,1-2H3,(H2,23,27)(H2,24,28). The smallest absolute Gasteiger partial charge is 0.340 e. The highest BCUT2D eigenvalue weighted by Crippen LogP contribution is 2.32. The van der Waals surface area contributed by atoms with Gasteiger partial charge in [-0.15, -0.1) is 0 Å². The maximum Gasteiger partial charge on any atom is 0.340 e. The molecule has 0 unspecified atom stereocenters. The number of hydrogen-bond acceptors (Lipinski definition) is 7. The molecule has 9 nitrogen and oxygen atoms in total. The molecule has 2 aromatic rings. The molecule has 0 fully saturated rings. The van der Waals surface area contributed by atoms with Crippen LogP contribution in [0.3, 0.4) is 0 Å². The molecule has 0 atom stereocenters. The van der Waals surface area contributed by atoms with Crippen LogP contribution in [0.5, 0.6) is 0 Å². The van der Waals surface area contributed by atoms with Crippen molar-refractivity contribution in [2.45, 2.75) is 13.5 Å². The van der Waals surface area contributed by atoms with E-state index in [0.29, 0.717) is 33.1 Å². The van der Waals surface area contributed by atoms with E-state index in [1.54, 1.807) is 31.2 Å². The number of halogens is 1. The van der Waals surface area contributed by atoms with E-state index in [2.05, 4.69) is 4.98 Å². The van der Waals surface area contributed by atoms with Crippen LogP contribution < -0.4 is 11.5 Å². The fourth-order valence-electron chi connectivity index (χ4n) is 3.09. The topological polar surface area (TPSA) is 138 Å². The first kappa shape index (κ1) is 24.3. The van der Waals surface area contributed by atoms with Gasteiger partial charge in [0.2, 0.25) is 11.8 Å². The fourth-order valence-corrected chi connectivity index (χ4v) is 3.33. The molecule has 4 N–H and O–H groups in total. The quantitative estimate of drug-likeness (QED) is 0.390. The Hall–Kier alpha value is -3.01. The maximum atomic E-state index is 12.3. The summed E-state index contributed by atoms with van der Waals surface area (Å²) in [4.78, 5) is 40.5. The molecule has 0 saturated heterocycles. The van der Waals surface area contributed by atoms with E-state index in [-0.39, 0.29) is 32.8 Å². The van der Waals surface area contributed by atoms with Gasteiger partial charge in [0, 0.05) is 22.7 Å². The summed E-state index contributed by atoms with van der Waals surface area (Å²) in [7, 11) is 1.30. The Morgan fingerprint density at radius 3 is 2.32 bits per heavy atom. The molecule has 10 heteroatoms. The second-order valence-electron chi connectivity index (χ2n) is 6.79. The average molecular weight is 449 g/mol. The molecule has 2 rings (SSSR count). The van der Waals surface area contributed by atoms with Crippen LogP contribution in [0.4, 0.5) is 0 Å². The van der Waals surface area contributed by atoms with Crippen LogP contribution in [0.25, 0.3) is 11.1 Å². The Bertz CT molecular complexity index is 951. The summed E-state index contributed by atoms with van der Waals surface area (Å²) >= 11 is 6.34. The normalized spacial score (nSPS) is 10.8. The van der Waals surface area contributed by atoms with Gasteiger partial charge in [-0.1, -0.05) is 29.8 Å². The van der Waals surface area contributed by atoms with Gasteiger partial charge in [-0.05, 0) is 19.1 Å². The Morgan fingerprint density at radius 1 is 1.10 bits per heavy atom. The first-order valence-corrected chi connectivity index (χ1v) is 9.81. The molecule has 0 radical (unpaired) electrons. The van der Waals surface area contributed by atoms with Crippen molar-refractivity contribution >= 4 is 29.4 Å². The zero-order chi connectivity index (χ0) is 23.0. The van der Waals surface area contributed by atoms with Crippen molar-refractivity contribution in [2.75, 3.05) is 33.4 Å². The highest BCUT2D eigenvalue weighted by Gasteiger charge is 2.20. The molecular weight excluding hydrogens is 424 g/mol. The minimum Gasteiger partial charge on any atom is -0.465 e. The molecule has 0 aliphatic rings. The lowest BCUT2D eigenvalue weighted by molar-refractivity contribution is -0.122. The van der Waals surface area contributed by atoms with Gasteiger partial charge in [-0.2, -0.15) is 0 Å². The Labute approximate surface area is 185 Å². The minimum absolute atomic E-state index is 0.103. The van der Waals surface area contributed by atoms with Gasteiger partial charge in [-0.3, -0.25) is 19.5 Å². The van der Waals surface area contributed by atoms with Gasteiger partial charge in [0.15, 0.2) is 0 Å². The highest BCUT2D eigenvalue weighted by molar-refractivity contribution is 6.33. The zero-order valence-electron chi connectivity index (χ0n) is 17.4. The zero-order valence-corrected chi connectivity index (χ0v) is 18.1. The number of primary amides is 2. The molecule has 2 amide bonds. The van der Waals surface area contributed by atoms with E-state index < -0.39 is 17.8 Å². The van der Waals surface area contributed by atoms with Crippen molar-refractivity contribution in [3.8, 4) is 11.1 Å². The predicted octanol–water partition coefficient (Wildman–Crippen LogP) is 1.29. The number of aryl methyl sites for hydroxylation is 1. The number of esters is 1. The van der Waals surface area contributed by atoms with Crippen LogP contribution in [0.2, 0.25) is 5.02 Å². The van der Waals surface area contributed by atoms with Crippen LogP contribution >= 0.6 is 11.6 Å². The maximum absolute atomic E-state index is 12.3. The highest BCUT2D eigenvalue weighted by atomic mass is 35.5. The number of rotatable bonds is 11. The van der Waals surface area contributed by atoms with Crippen LogP contribution in [0.1, 0.15) is 21.7 Å². The van der Waals surface area contributed by atoms with E-state index in [9.17, 15) is 14.4 Å². The number of hydrogen-bond donors (Lipinski definition) is 2. The number of carbonyl (C=O) groups excluding carboxylic acids is 3. The van der Waals surface area contributed by atoms with Crippen molar-refractivity contribution in [3.05, 3.63) is 52.3 Å². The van der Waals surface area contributed by atoms with E-state index in [1.807, 2.05) is 6.07 Å². The monoisotopic (exact) mass is 448 g/mol. The molecule has 0 spiro atoms. The largest absolute Gasteiger partial charge is 0.465 e. The van der Waals surface area contributed by atoms with Crippen molar-refractivity contribution in [2.24, 2.45) is 11.5 Å². The number of nitrogens with zero attached hydrogens (tertiary/aromatic N) is 2. The summed E-state index contributed by atoms with van der Waals surface area (Å²) < 4.78 is 10.6. The third kappa shape index (κ3) is 7.02. The van der Waals surface area contributed by atoms with Crippen LogP contribution in [0, 0.1) is 6.92 Å². The van der Waals surface area contributed by atoms with Gasteiger partial charge >= 0.3 is 5.97 Å². The van der Waals surface area contributed by atoms with Crippen molar-refractivity contribution < 1.29 is 23.9 Å². The van der Waals surface area contributed by atoms with Crippen LogP contribution in [-0.2, 0) is 25.7 Å². The van der Waals surface area contributed by atoms with Crippen molar-refractivity contribution in [1.29, 1.82) is 0 Å². The van der Waals surface area contributed by atoms with Crippen LogP contribution in [0.15, 0.2) is 30.3 Å². The molecule has 1 heterocycles. The van der Waals surface area contributed by atoms with Crippen molar-refractivity contribution in [3.63, 3.8) is 0 Å². The average Bonchev–Trinajstić information content (AvgIpc) is 2.69. The molecule has 31 heavy (non-hydrogen) atoms. The second kappa shape index (κ2) is 11.4. The third-order valence-corrected chi connectivity index (χ3v) is 4.70. The Kier molecular flexibility index (Phi) is 8.92. The predicted molar refractivity (Wildman–Crippen MR) is 115 cm³/mol. The second-order valence-corrected chi connectivity index (χ2v) is 7.20. The number of carbonyl (C=O) groups is 3. The van der Waals surface area contributed by atoms with Gasteiger partial charge in [0.1, 0.15) is 0 Å². The molecule has 0 aliphatic heterocycles. The first-order valence-electron chi connectivity index (χ1n) is 9.43. The lowest BCUT2D eigenvalue weighted by atomic mass is 9.98. The number of aromatic nitrogens is 1. The molecule has 0 aliphatic carbocycles. The molecule has 1 aromatic carbocycles. The van der Waals surface area contributed by atoms with Crippen molar-refractivity contribution in [1.82, 2.24) is 9.88 Å². The van der Waals surface area contributed by atoms with Gasteiger partial charge in [0.25, 0.3) is 0 Å². The Morgan fingerprint density at radius 2 is 1.74 bits per heavy atom. The van der Waals surface area contributed by atoms with Gasteiger partial charge in [0.05, 0.1) is 50.4 Å². The number of methoxy groups -OCH3 is 1. The minimum atomic E-state index is -0.568. The molecule has 166 valence electrons. The number of nitrogens with two attached hydrogens (primary N) is 2. The summed E-state index contributed by atoms with van der Waals surface area (Å²) in [5.41, 5.74) is 13.0. The summed E-state index contributed by atoms with van der Waals surface area (Å²) in [6.07, 6.45) is 0. The lowest BCUT2D eigenvalue weighted by Crippen LogP contribution is -2.41. The summed E-state index contributed by atoms with van der Waals surface area (Å²) in [5, 5.41) is 0.485. The van der Waals surface area contributed by atoms with E-state index in [0.717, 1.165) is 0 Å². The SMILES string of the molecule is COC(=O)c1c(-c2ccccc2Cl)cc(COCCN(CC(N)=O)CC(N)=O)nc1C. The number of benzene rings is 1. The summed E-state index contributed by atoms with van der Waals surface area (Å²) in [6, 6.07) is 8.88. The molecule has 0 saturated carbocycles. The van der Waals surface area contributed by atoms with E-state index in [4.69, 9.17) is 32.5 Å². The molecule has 1 aromatic heterocycles. The summed E-state index contributed by atoms with van der Waals surface area (Å²) in [6.45, 7) is 2.13. The number of pyridine rings is 1. The van der Waals surface area contributed by atoms with E-state index >= 15 is 0 Å². The number of ether oxygens (including phenoxy) is 2. The lowest BCUT2D eigenvalue weighted by Gasteiger charge is -2.19. The van der Waals surface area contributed by atoms with Crippen LogP contribution in [-0.4, -0.2) is 61.0 Å².